The Hall–Kier alpha value is -2.48. The lowest BCUT2D eigenvalue weighted by atomic mass is 10.1. The Kier molecular flexibility index (Phi) is 10.0. The molecular weight excluding hydrogens is 354 g/mol. The predicted octanol–water partition coefficient (Wildman–Crippen LogP) is 2.03. The number of carbonyl (C=O) groups is 2. The number of hydrogen-bond acceptors (Lipinski definition) is 8. The molecule has 0 amide bonds. The molecule has 0 spiro atoms. The van der Waals surface area contributed by atoms with Crippen LogP contribution in [0.15, 0.2) is 12.1 Å². The third-order valence-electron chi connectivity index (χ3n) is 3.78. The van der Waals surface area contributed by atoms with E-state index < -0.39 is 0 Å². The van der Waals surface area contributed by atoms with Gasteiger partial charge in [-0.05, 0) is 19.9 Å². The van der Waals surface area contributed by atoms with E-state index in [9.17, 15) is 9.59 Å². The van der Waals surface area contributed by atoms with Crippen LogP contribution in [0, 0.1) is 0 Å². The van der Waals surface area contributed by atoms with Gasteiger partial charge in [0.05, 0.1) is 47.5 Å². The molecule has 0 unspecified atom stereocenters. The van der Waals surface area contributed by atoms with Crippen molar-refractivity contribution in [1.82, 2.24) is 4.90 Å². The number of rotatable bonds is 12. The summed E-state index contributed by atoms with van der Waals surface area (Å²) in [6.07, 6.45) is 0.169. The average molecular weight is 383 g/mol. The van der Waals surface area contributed by atoms with E-state index in [1.165, 1.54) is 0 Å². The minimum atomic E-state index is -0.360. The Morgan fingerprint density at radius 2 is 1.41 bits per heavy atom. The Bertz CT molecular complexity index is 618. The number of carbonyl (C=O) groups excluding carboxylic acids is 2. The Labute approximate surface area is 160 Å². The molecular formula is C19H29NO7. The van der Waals surface area contributed by atoms with Crippen molar-refractivity contribution in [3.63, 3.8) is 0 Å². The van der Waals surface area contributed by atoms with Gasteiger partial charge in [-0.3, -0.25) is 14.5 Å². The summed E-state index contributed by atoms with van der Waals surface area (Å²) in [4.78, 5) is 25.4. The van der Waals surface area contributed by atoms with Crippen molar-refractivity contribution < 1.29 is 33.3 Å². The molecule has 0 saturated heterocycles. The van der Waals surface area contributed by atoms with Gasteiger partial charge in [0.25, 0.3) is 0 Å². The van der Waals surface area contributed by atoms with Gasteiger partial charge in [-0.1, -0.05) is 0 Å². The lowest BCUT2D eigenvalue weighted by molar-refractivity contribution is -0.147. The van der Waals surface area contributed by atoms with Gasteiger partial charge in [-0.25, -0.2) is 0 Å². The molecule has 152 valence electrons. The van der Waals surface area contributed by atoms with E-state index in [1.54, 1.807) is 52.2 Å². The smallest absolute Gasteiger partial charge is 0.320 e. The summed E-state index contributed by atoms with van der Waals surface area (Å²) in [5, 5.41) is 0. The highest BCUT2D eigenvalue weighted by atomic mass is 16.5. The molecule has 1 aromatic carbocycles. The van der Waals surface area contributed by atoms with Crippen LogP contribution in [0.5, 0.6) is 17.2 Å². The van der Waals surface area contributed by atoms with Crippen molar-refractivity contribution in [2.24, 2.45) is 0 Å². The van der Waals surface area contributed by atoms with E-state index in [4.69, 9.17) is 23.7 Å². The SMILES string of the molecule is CCOC(=O)CCN(CC(=O)OCC)Cc1cc(OC)c(OC)cc1OC. The first-order valence-electron chi connectivity index (χ1n) is 8.81. The van der Waals surface area contributed by atoms with Crippen LogP contribution in [0.1, 0.15) is 25.8 Å². The largest absolute Gasteiger partial charge is 0.496 e. The zero-order chi connectivity index (χ0) is 20.2. The quantitative estimate of drug-likeness (QED) is 0.507. The fraction of sp³-hybridized carbons (Fsp3) is 0.579. The molecule has 0 heterocycles. The zero-order valence-corrected chi connectivity index (χ0v) is 16.7. The molecule has 0 bridgehead atoms. The highest BCUT2D eigenvalue weighted by Crippen LogP contribution is 2.35. The maximum Gasteiger partial charge on any atom is 0.320 e. The van der Waals surface area contributed by atoms with Crippen molar-refractivity contribution >= 4 is 11.9 Å². The fourth-order valence-electron chi connectivity index (χ4n) is 2.54. The molecule has 0 radical (unpaired) electrons. The first kappa shape index (κ1) is 22.6. The molecule has 0 saturated carbocycles. The van der Waals surface area contributed by atoms with E-state index in [2.05, 4.69) is 0 Å². The molecule has 8 nitrogen and oxygen atoms in total. The Morgan fingerprint density at radius 3 is 1.96 bits per heavy atom. The minimum Gasteiger partial charge on any atom is -0.496 e. The Balaban J connectivity index is 3.00. The predicted molar refractivity (Wildman–Crippen MR) is 99.3 cm³/mol. The van der Waals surface area contributed by atoms with Crippen molar-refractivity contribution in [2.45, 2.75) is 26.8 Å². The number of ether oxygens (including phenoxy) is 5. The normalized spacial score (nSPS) is 10.4. The molecule has 0 aliphatic carbocycles. The van der Waals surface area contributed by atoms with Crippen LogP contribution in [-0.4, -0.2) is 64.5 Å². The van der Waals surface area contributed by atoms with E-state index in [-0.39, 0.29) is 24.9 Å². The van der Waals surface area contributed by atoms with Crippen LogP contribution in [0.25, 0.3) is 0 Å². The molecule has 0 aromatic heterocycles. The molecule has 0 fully saturated rings. The van der Waals surface area contributed by atoms with Gasteiger partial charge in [0.15, 0.2) is 11.5 Å². The lowest BCUT2D eigenvalue weighted by Crippen LogP contribution is -2.33. The zero-order valence-electron chi connectivity index (χ0n) is 16.7. The summed E-state index contributed by atoms with van der Waals surface area (Å²) in [6, 6.07) is 3.52. The van der Waals surface area contributed by atoms with Crippen molar-refractivity contribution in [2.75, 3.05) is 47.6 Å². The van der Waals surface area contributed by atoms with Gasteiger partial charge in [0.1, 0.15) is 5.75 Å². The summed E-state index contributed by atoms with van der Waals surface area (Å²) < 4.78 is 26.1. The van der Waals surface area contributed by atoms with Gasteiger partial charge in [-0.2, -0.15) is 0 Å². The Morgan fingerprint density at radius 1 is 0.852 bits per heavy atom. The molecule has 27 heavy (non-hydrogen) atoms. The standard InChI is InChI=1S/C19H29NO7/c1-6-26-18(21)8-9-20(13-19(22)27-7-2)12-14-10-16(24-4)17(25-5)11-15(14)23-3/h10-11H,6-9,12-13H2,1-5H3. The van der Waals surface area contributed by atoms with Crippen LogP contribution >= 0.6 is 0 Å². The van der Waals surface area contributed by atoms with Gasteiger partial charge in [0.2, 0.25) is 0 Å². The van der Waals surface area contributed by atoms with E-state index in [1.807, 2.05) is 0 Å². The number of nitrogens with zero attached hydrogens (tertiary/aromatic N) is 1. The minimum absolute atomic E-state index is 0.0464. The third kappa shape index (κ3) is 7.34. The average Bonchev–Trinajstić information content (AvgIpc) is 2.66. The van der Waals surface area contributed by atoms with Gasteiger partial charge in [0, 0.05) is 24.7 Å². The number of benzene rings is 1. The first-order valence-corrected chi connectivity index (χ1v) is 8.81. The van der Waals surface area contributed by atoms with E-state index >= 15 is 0 Å². The van der Waals surface area contributed by atoms with Crippen LogP contribution in [0.2, 0.25) is 0 Å². The van der Waals surface area contributed by atoms with Crippen LogP contribution in [0.3, 0.4) is 0 Å². The second-order valence-corrected chi connectivity index (χ2v) is 5.59. The van der Waals surface area contributed by atoms with Gasteiger partial charge in [-0.15, -0.1) is 0 Å². The topological polar surface area (TPSA) is 83.5 Å². The molecule has 0 aliphatic rings. The molecule has 8 heteroatoms. The molecule has 0 atom stereocenters. The van der Waals surface area contributed by atoms with Gasteiger partial charge < -0.3 is 23.7 Å². The van der Waals surface area contributed by atoms with Gasteiger partial charge >= 0.3 is 11.9 Å². The van der Waals surface area contributed by atoms with Crippen molar-refractivity contribution in [3.8, 4) is 17.2 Å². The number of esters is 2. The molecule has 0 N–H and O–H groups in total. The van der Waals surface area contributed by atoms with Crippen molar-refractivity contribution in [1.29, 1.82) is 0 Å². The molecule has 0 aliphatic heterocycles. The second kappa shape index (κ2) is 12.0. The van der Waals surface area contributed by atoms with E-state index in [0.717, 1.165) is 5.56 Å². The first-order chi connectivity index (χ1) is 13.0. The van der Waals surface area contributed by atoms with Crippen LogP contribution in [-0.2, 0) is 25.6 Å². The highest BCUT2D eigenvalue weighted by molar-refractivity contribution is 5.72. The lowest BCUT2D eigenvalue weighted by Gasteiger charge is -2.23. The van der Waals surface area contributed by atoms with Crippen molar-refractivity contribution in [3.05, 3.63) is 17.7 Å². The summed E-state index contributed by atoms with van der Waals surface area (Å²) >= 11 is 0. The number of hydrogen-bond donors (Lipinski definition) is 0. The highest BCUT2D eigenvalue weighted by Gasteiger charge is 2.18. The summed E-state index contributed by atoms with van der Waals surface area (Å²) in [6.45, 7) is 4.87. The maximum atomic E-state index is 11.9. The second-order valence-electron chi connectivity index (χ2n) is 5.59. The van der Waals surface area contributed by atoms with Crippen LogP contribution in [0.4, 0.5) is 0 Å². The molecule has 1 aromatic rings. The summed E-state index contributed by atoms with van der Waals surface area (Å²) in [5.41, 5.74) is 0.795. The third-order valence-corrected chi connectivity index (χ3v) is 3.78. The molecule has 1 rings (SSSR count). The monoisotopic (exact) mass is 383 g/mol. The summed E-state index contributed by atoms with van der Waals surface area (Å²) in [5.74, 6) is 1.01. The fourth-order valence-corrected chi connectivity index (χ4v) is 2.54. The summed E-state index contributed by atoms with van der Waals surface area (Å²) in [7, 11) is 4.65. The van der Waals surface area contributed by atoms with Crippen LogP contribution < -0.4 is 14.2 Å². The maximum absolute atomic E-state index is 11.9. The number of methoxy groups -OCH3 is 3. The van der Waals surface area contributed by atoms with E-state index in [0.29, 0.717) is 43.6 Å².